The van der Waals surface area contributed by atoms with Crippen LogP contribution in [0.25, 0.3) is 0 Å². The molecule has 3 aromatic rings. The summed E-state index contributed by atoms with van der Waals surface area (Å²) in [5, 5.41) is 3.31. The number of aryl methyl sites for hydroxylation is 2. The van der Waals surface area contributed by atoms with E-state index in [1.807, 2.05) is 65.0 Å². The van der Waals surface area contributed by atoms with Gasteiger partial charge in [0.2, 0.25) is 11.8 Å². The second-order valence-corrected chi connectivity index (χ2v) is 12.1. The fraction of sp³-hybridized carbons (Fsp3) is 0.333. The zero-order valence-electron chi connectivity index (χ0n) is 23.0. The van der Waals surface area contributed by atoms with Crippen molar-refractivity contribution in [3.05, 3.63) is 94.5 Å². The van der Waals surface area contributed by atoms with E-state index in [0.29, 0.717) is 17.1 Å². The molecular formula is C30H36ClN3O4S. The maximum absolute atomic E-state index is 14.1. The summed E-state index contributed by atoms with van der Waals surface area (Å²) >= 11 is 6.00. The molecule has 1 N–H and O–H groups in total. The minimum Gasteiger partial charge on any atom is -0.352 e. The number of nitrogens with zero attached hydrogens (tertiary/aromatic N) is 2. The number of rotatable bonds is 11. The zero-order valence-corrected chi connectivity index (χ0v) is 24.6. The van der Waals surface area contributed by atoms with Crippen molar-refractivity contribution in [3.63, 3.8) is 0 Å². The fourth-order valence-electron chi connectivity index (χ4n) is 4.32. The summed E-state index contributed by atoms with van der Waals surface area (Å²) in [7, 11) is -4.14. The van der Waals surface area contributed by atoms with Crippen molar-refractivity contribution < 1.29 is 18.0 Å². The average molecular weight is 570 g/mol. The molecule has 9 heteroatoms. The number of sulfonamides is 1. The molecule has 3 rings (SSSR count). The Hall–Kier alpha value is -3.36. The molecule has 0 aliphatic carbocycles. The number of hydrogen-bond acceptors (Lipinski definition) is 4. The molecule has 0 heterocycles. The van der Waals surface area contributed by atoms with Crippen LogP contribution < -0.4 is 9.62 Å². The van der Waals surface area contributed by atoms with Gasteiger partial charge in [0.1, 0.15) is 12.6 Å². The molecule has 1 atom stereocenters. The van der Waals surface area contributed by atoms with Crippen LogP contribution in [0.2, 0.25) is 5.02 Å². The molecule has 39 heavy (non-hydrogen) atoms. The highest BCUT2D eigenvalue weighted by molar-refractivity contribution is 7.92. The van der Waals surface area contributed by atoms with Crippen LogP contribution in [0.5, 0.6) is 0 Å². The average Bonchev–Trinajstić information content (AvgIpc) is 2.87. The van der Waals surface area contributed by atoms with Gasteiger partial charge in [-0.15, -0.1) is 0 Å². The Kier molecular flexibility index (Phi) is 10.2. The van der Waals surface area contributed by atoms with Gasteiger partial charge in [0.25, 0.3) is 10.0 Å². The van der Waals surface area contributed by atoms with Gasteiger partial charge in [-0.25, -0.2) is 8.42 Å². The molecule has 3 aromatic carbocycles. The van der Waals surface area contributed by atoms with Crippen LogP contribution in [0.15, 0.2) is 77.7 Å². The zero-order chi connectivity index (χ0) is 28.7. The van der Waals surface area contributed by atoms with Gasteiger partial charge in [-0.1, -0.05) is 54.9 Å². The third kappa shape index (κ3) is 7.61. The molecule has 208 valence electrons. The molecule has 0 saturated heterocycles. The minimum atomic E-state index is -4.14. The van der Waals surface area contributed by atoms with Crippen LogP contribution in [0, 0.1) is 13.8 Å². The highest BCUT2D eigenvalue weighted by Crippen LogP contribution is 2.26. The van der Waals surface area contributed by atoms with E-state index in [1.54, 1.807) is 18.2 Å². The van der Waals surface area contributed by atoms with Crippen molar-refractivity contribution in [3.8, 4) is 0 Å². The second kappa shape index (κ2) is 13.1. The predicted octanol–water partition coefficient (Wildman–Crippen LogP) is 5.48. The van der Waals surface area contributed by atoms with E-state index in [4.69, 9.17) is 11.6 Å². The van der Waals surface area contributed by atoms with E-state index in [0.717, 1.165) is 21.0 Å². The molecule has 0 saturated carbocycles. The smallest absolute Gasteiger partial charge is 0.264 e. The van der Waals surface area contributed by atoms with Gasteiger partial charge in [-0.2, -0.15) is 0 Å². The summed E-state index contributed by atoms with van der Waals surface area (Å²) in [6, 6.07) is 19.5. The standard InChI is InChI=1S/C30H36ClN3O4S/c1-6-28(30(36)32-21(2)3)33(19-24-12-8-7-11-23(24)5)29(35)20-34(26-13-9-10-22(4)18-26)39(37,38)27-16-14-25(31)15-17-27/h7-18,21,28H,6,19-20H2,1-5H3,(H,32,36)/t28-/m0/s1. The topological polar surface area (TPSA) is 86.8 Å². The van der Waals surface area contributed by atoms with Crippen LogP contribution >= 0.6 is 11.6 Å². The first kappa shape index (κ1) is 30.2. The van der Waals surface area contributed by atoms with Crippen LogP contribution in [-0.2, 0) is 26.2 Å². The molecule has 0 aliphatic heterocycles. The van der Waals surface area contributed by atoms with Crippen LogP contribution in [-0.4, -0.2) is 43.8 Å². The van der Waals surface area contributed by atoms with Gasteiger partial charge in [0, 0.05) is 17.6 Å². The summed E-state index contributed by atoms with van der Waals surface area (Å²) < 4.78 is 28.9. The first-order chi connectivity index (χ1) is 18.4. The van der Waals surface area contributed by atoms with Gasteiger partial charge >= 0.3 is 0 Å². The Labute approximate surface area is 236 Å². The molecule has 0 aliphatic rings. The van der Waals surface area contributed by atoms with Crippen LogP contribution in [0.3, 0.4) is 0 Å². The number of amides is 2. The third-order valence-electron chi connectivity index (χ3n) is 6.39. The Morgan fingerprint density at radius 1 is 0.949 bits per heavy atom. The van der Waals surface area contributed by atoms with E-state index < -0.39 is 28.5 Å². The lowest BCUT2D eigenvalue weighted by atomic mass is 10.1. The normalized spacial score (nSPS) is 12.2. The van der Waals surface area contributed by atoms with Gasteiger partial charge in [0.15, 0.2) is 0 Å². The Morgan fingerprint density at radius 2 is 1.62 bits per heavy atom. The van der Waals surface area contributed by atoms with E-state index in [2.05, 4.69) is 5.32 Å². The number of halogens is 1. The van der Waals surface area contributed by atoms with Crippen molar-refractivity contribution >= 4 is 39.1 Å². The Balaban J connectivity index is 2.08. The summed E-state index contributed by atoms with van der Waals surface area (Å²) in [4.78, 5) is 28.8. The molecule has 0 spiro atoms. The van der Waals surface area contributed by atoms with Crippen molar-refractivity contribution in [2.24, 2.45) is 0 Å². The van der Waals surface area contributed by atoms with Gasteiger partial charge in [0.05, 0.1) is 10.6 Å². The van der Waals surface area contributed by atoms with E-state index in [1.165, 1.54) is 29.2 Å². The van der Waals surface area contributed by atoms with Crippen molar-refractivity contribution in [2.75, 3.05) is 10.8 Å². The number of hydrogen-bond donors (Lipinski definition) is 1. The lowest BCUT2D eigenvalue weighted by molar-refractivity contribution is -0.140. The number of carbonyl (C=O) groups excluding carboxylic acids is 2. The lowest BCUT2D eigenvalue weighted by Gasteiger charge is -2.34. The van der Waals surface area contributed by atoms with Gasteiger partial charge < -0.3 is 10.2 Å². The Morgan fingerprint density at radius 3 is 2.21 bits per heavy atom. The predicted molar refractivity (Wildman–Crippen MR) is 156 cm³/mol. The molecule has 0 unspecified atom stereocenters. The minimum absolute atomic E-state index is 0.0104. The lowest BCUT2D eigenvalue weighted by Crippen LogP contribution is -2.53. The van der Waals surface area contributed by atoms with Gasteiger partial charge in [-0.3, -0.25) is 13.9 Å². The molecule has 0 bridgehead atoms. The van der Waals surface area contributed by atoms with Crippen molar-refractivity contribution in [1.29, 1.82) is 0 Å². The molecule has 2 amide bonds. The number of carbonyl (C=O) groups is 2. The molecular weight excluding hydrogens is 534 g/mol. The third-order valence-corrected chi connectivity index (χ3v) is 8.43. The SMILES string of the molecule is CC[C@@H](C(=O)NC(C)C)N(Cc1ccccc1C)C(=O)CN(c1cccc(C)c1)S(=O)(=O)c1ccc(Cl)cc1. The van der Waals surface area contributed by atoms with Crippen molar-refractivity contribution in [2.45, 2.75) is 64.6 Å². The van der Waals surface area contributed by atoms with Crippen LogP contribution in [0.4, 0.5) is 5.69 Å². The van der Waals surface area contributed by atoms with E-state index >= 15 is 0 Å². The maximum atomic E-state index is 14.1. The summed E-state index contributed by atoms with van der Waals surface area (Å²) in [5.41, 5.74) is 3.05. The summed E-state index contributed by atoms with van der Waals surface area (Å²) in [6.07, 6.45) is 0.366. The van der Waals surface area contributed by atoms with Gasteiger partial charge in [-0.05, 0) is 87.2 Å². The van der Waals surface area contributed by atoms with E-state index in [-0.39, 0.29) is 23.4 Å². The molecule has 0 fully saturated rings. The molecule has 0 aromatic heterocycles. The summed E-state index contributed by atoms with van der Waals surface area (Å²) in [5.74, 6) is -0.764. The van der Waals surface area contributed by atoms with E-state index in [9.17, 15) is 18.0 Å². The number of benzene rings is 3. The quantitative estimate of drug-likeness (QED) is 0.331. The summed E-state index contributed by atoms with van der Waals surface area (Å²) in [6.45, 7) is 9.03. The largest absolute Gasteiger partial charge is 0.352 e. The van der Waals surface area contributed by atoms with Crippen LogP contribution in [0.1, 0.15) is 43.9 Å². The monoisotopic (exact) mass is 569 g/mol. The maximum Gasteiger partial charge on any atom is 0.264 e. The molecule has 0 radical (unpaired) electrons. The highest BCUT2D eigenvalue weighted by Gasteiger charge is 2.34. The Bertz CT molecular complexity index is 1410. The molecule has 7 nitrogen and oxygen atoms in total. The first-order valence-electron chi connectivity index (χ1n) is 12.9. The first-order valence-corrected chi connectivity index (χ1v) is 14.7. The highest BCUT2D eigenvalue weighted by atomic mass is 35.5. The number of anilines is 1. The second-order valence-electron chi connectivity index (χ2n) is 9.84. The van der Waals surface area contributed by atoms with Crippen molar-refractivity contribution in [1.82, 2.24) is 10.2 Å². The number of nitrogens with one attached hydrogen (secondary N) is 1. The fourth-order valence-corrected chi connectivity index (χ4v) is 5.85.